The second-order valence-corrected chi connectivity index (χ2v) is 6.53. The highest BCUT2D eigenvalue weighted by atomic mass is 15.1. The van der Waals surface area contributed by atoms with Gasteiger partial charge < -0.3 is 4.90 Å². The molecule has 0 N–H and O–H groups in total. The highest BCUT2D eigenvalue weighted by Crippen LogP contribution is 2.32. The zero-order valence-electron chi connectivity index (χ0n) is 14.9. The fourth-order valence-corrected chi connectivity index (χ4v) is 3.13. The Kier molecular flexibility index (Phi) is 5.14. The summed E-state index contributed by atoms with van der Waals surface area (Å²) in [6, 6.07) is 13.1. The fourth-order valence-electron chi connectivity index (χ4n) is 3.13. The standard InChI is InChI=1S/C22H26N2/c1-4-5-14-23-16-22-20-9-7-6-8-17(20)11-13-21(22)18-10-12-19(15-18)24(2)3/h6-9,11-13,15-16H,4-5,10,14H2,1-3H3. The molecule has 0 aromatic heterocycles. The zero-order valence-corrected chi connectivity index (χ0v) is 14.9. The predicted octanol–water partition coefficient (Wildman–Crippen LogP) is 5.29. The number of aliphatic imine (C=N–C) groups is 1. The van der Waals surface area contributed by atoms with Gasteiger partial charge in [0.05, 0.1) is 0 Å². The quantitative estimate of drug-likeness (QED) is 0.522. The molecule has 0 radical (unpaired) electrons. The molecule has 3 rings (SSSR count). The number of benzene rings is 2. The van der Waals surface area contributed by atoms with Crippen LogP contribution in [0.1, 0.15) is 37.3 Å². The molecule has 0 heterocycles. The predicted molar refractivity (Wildman–Crippen MR) is 106 cm³/mol. The first-order valence-electron chi connectivity index (χ1n) is 8.80. The van der Waals surface area contributed by atoms with Crippen molar-refractivity contribution in [2.24, 2.45) is 4.99 Å². The van der Waals surface area contributed by atoms with Crippen LogP contribution in [-0.2, 0) is 0 Å². The van der Waals surface area contributed by atoms with Crippen LogP contribution >= 0.6 is 0 Å². The van der Waals surface area contributed by atoms with E-state index >= 15 is 0 Å². The molecule has 0 saturated heterocycles. The molecule has 0 unspecified atom stereocenters. The molecule has 24 heavy (non-hydrogen) atoms. The summed E-state index contributed by atoms with van der Waals surface area (Å²) in [7, 11) is 4.19. The smallest absolute Gasteiger partial charge is 0.0389 e. The van der Waals surface area contributed by atoms with Gasteiger partial charge in [0.25, 0.3) is 0 Å². The summed E-state index contributed by atoms with van der Waals surface area (Å²) in [6.07, 6.45) is 9.99. The lowest BCUT2D eigenvalue weighted by atomic mass is 9.94. The van der Waals surface area contributed by atoms with Crippen molar-refractivity contribution in [2.45, 2.75) is 26.2 Å². The largest absolute Gasteiger partial charge is 0.378 e. The van der Waals surface area contributed by atoms with Gasteiger partial charge in [0.2, 0.25) is 0 Å². The third kappa shape index (κ3) is 3.43. The number of unbranched alkanes of at least 4 members (excludes halogenated alkanes) is 1. The van der Waals surface area contributed by atoms with Crippen molar-refractivity contribution in [1.82, 2.24) is 4.90 Å². The number of hydrogen-bond donors (Lipinski definition) is 0. The van der Waals surface area contributed by atoms with Gasteiger partial charge in [-0.2, -0.15) is 0 Å². The summed E-state index contributed by atoms with van der Waals surface area (Å²) in [4.78, 5) is 6.86. The third-order valence-electron chi connectivity index (χ3n) is 4.55. The van der Waals surface area contributed by atoms with Gasteiger partial charge >= 0.3 is 0 Å². The molecule has 1 aliphatic rings. The number of likely N-dealkylation sites (N-methyl/N-ethyl adjacent to an activating group) is 1. The summed E-state index contributed by atoms with van der Waals surface area (Å²) < 4.78 is 0. The fraction of sp³-hybridized carbons (Fsp3) is 0.318. The Morgan fingerprint density at radius 2 is 1.96 bits per heavy atom. The minimum Gasteiger partial charge on any atom is -0.378 e. The molecule has 0 amide bonds. The average Bonchev–Trinajstić information content (AvgIpc) is 3.09. The van der Waals surface area contributed by atoms with Crippen LogP contribution in [0.2, 0.25) is 0 Å². The summed E-state index contributed by atoms with van der Waals surface area (Å²) in [6.45, 7) is 3.11. The van der Waals surface area contributed by atoms with Crippen LogP contribution in [0, 0.1) is 0 Å². The number of rotatable bonds is 6. The van der Waals surface area contributed by atoms with Gasteiger partial charge in [0.1, 0.15) is 0 Å². The van der Waals surface area contributed by atoms with E-state index in [9.17, 15) is 0 Å². The molecule has 2 aromatic rings. The van der Waals surface area contributed by atoms with Crippen LogP contribution in [0.15, 0.2) is 59.2 Å². The van der Waals surface area contributed by atoms with E-state index in [-0.39, 0.29) is 0 Å². The normalized spacial score (nSPS) is 14.3. The second-order valence-electron chi connectivity index (χ2n) is 6.53. The summed E-state index contributed by atoms with van der Waals surface area (Å²) in [5.74, 6) is 0. The number of allylic oxidation sites excluding steroid dienone is 3. The maximum Gasteiger partial charge on any atom is 0.0389 e. The summed E-state index contributed by atoms with van der Waals surface area (Å²) in [5.41, 5.74) is 5.22. The van der Waals surface area contributed by atoms with Crippen molar-refractivity contribution in [3.63, 3.8) is 0 Å². The second kappa shape index (κ2) is 7.48. The van der Waals surface area contributed by atoms with Gasteiger partial charge in [-0.3, -0.25) is 4.99 Å². The molecular formula is C22H26N2. The van der Waals surface area contributed by atoms with E-state index in [2.05, 4.69) is 85.7 Å². The van der Waals surface area contributed by atoms with Crippen molar-refractivity contribution in [3.8, 4) is 0 Å². The number of nitrogens with zero attached hydrogens (tertiary/aromatic N) is 2. The van der Waals surface area contributed by atoms with E-state index in [1.54, 1.807) is 0 Å². The van der Waals surface area contributed by atoms with Crippen LogP contribution in [-0.4, -0.2) is 31.8 Å². The van der Waals surface area contributed by atoms with Gasteiger partial charge in [0, 0.05) is 38.1 Å². The Bertz CT molecular complexity index is 810. The van der Waals surface area contributed by atoms with Crippen LogP contribution in [0.5, 0.6) is 0 Å². The van der Waals surface area contributed by atoms with Crippen LogP contribution in [0.3, 0.4) is 0 Å². The van der Waals surface area contributed by atoms with Crippen molar-refractivity contribution >= 4 is 22.6 Å². The highest BCUT2D eigenvalue weighted by molar-refractivity contribution is 6.04. The van der Waals surface area contributed by atoms with Crippen LogP contribution in [0.4, 0.5) is 0 Å². The molecule has 0 saturated carbocycles. The maximum absolute atomic E-state index is 4.69. The Balaban J connectivity index is 2.04. The molecule has 2 heteroatoms. The molecule has 2 nitrogen and oxygen atoms in total. The van der Waals surface area contributed by atoms with Gasteiger partial charge in [-0.1, -0.05) is 55.8 Å². The van der Waals surface area contributed by atoms with E-state index < -0.39 is 0 Å². The van der Waals surface area contributed by atoms with Crippen LogP contribution < -0.4 is 0 Å². The molecule has 2 aromatic carbocycles. The summed E-state index contributed by atoms with van der Waals surface area (Å²) >= 11 is 0. The molecule has 1 aliphatic carbocycles. The first kappa shape index (κ1) is 16.5. The maximum atomic E-state index is 4.69. The topological polar surface area (TPSA) is 15.6 Å². The van der Waals surface area contributed by atoms with Crippen molar-refractivity contribution in [3.05, 3.63) is 65.4 Å². The average molecular weight is 318 g/mol. The van der Waals surface area contributed by atoms with Crippen LogP contribution in [0.25, 0.3) is 16.3 Å². The van der Waals surface area contributed by atoms with Gasteiger partial charge in [-0.15, -0.1) is 0 Å². The molecular weight excluding hydrogens is 292 g/mol. The van der Waals surface area contributed by atoms with Gasteiger partial charge in [-0.05, 0) is 40.8 Å². The lowest BCUT2D eigenvalue weighted by molar-refractivity contribution is 0.531. The third-order valence-corrected chi connectivity index (χ3v) is 4.55. The molecule has 124 valence electrons. The first-order chi connectivity index (χ1) is 11.7. The van der Waals surface area contributed by atoms with Gasteiger partial charge in [0.15, 0.2) is 0 Å². The molecule has 0 bridgehead atoms. The lowest BCUT2D eigenvalue weighted by Crippen LogP contribution is -2.07. The molecule has 0 fully saturated rings. The SMILES string of the molecule is CCCCN=Cc1c(C2=CC(N(C)C)=CC2)ccc2ccccc12. The Labute approximate surface area is 145 Å². The van der Waals surface area contributed by atoms with Gasteiger partial charge in [-0.25, -0.2) is 0 Å². The monoisotopic (exact) mass is 318 g/mol. The van der Waals surface area contributed by atoms with Crippen molar-refractivity contribution < 1.29 is 0 Å². The van der Waals surface area contributed by atoms with E-state index in [4.69, 9.17) is 0 Å². The van der Waals surface area contributed by atoms with E-state index in [1.807, 2.05) is 0 Å². The Morgan fingerprint density at radius 3 is 2.71 bits per heavy atom. The zero-order chi connectivity index (χ0) is 16.9. The van der Waals surface area contributed by atoms with Crippen molar-refractivity contribution in [1.29, 1.82) is 0 Å². The molecule has 0 atom stereocenters. The highest BCUT2D eigenvalue weighted by Gasteiger charge is 2.14. The lowest BCUT2D eigenvalue weighted by Gasteiger charge is -2.12. The minimum atomic E-state index is 0.902. The first-order valence-corrected chi connectivity index (χ1v) is 8.80. The number of hydrogen-bond acceptors (Lipinski definition) is 2. The Morgan fingerprint density at radius 1 is 1.12 bits per heavy atom. The van der Waals surface area contributed by atoms with E-state index in [0.717, 1.165) is 19.4 Å². The summed E-state index contributed by atoms with van der Waals surface area (Å²) in [5, 5.41) is 2.56. The van der Waals surface area contributed by atoms with E-state index in [1.165, 1.54) is 39.6 Å². The molecule has 0 spiro atoms. The number of fused-ring (bicyclic) bond motifs is 1. The minimum absolute atomic E-state index is 0.902. The van der Waals surface area contributed by atoms with E-state index in [0.29, 0.717) is 0 Å². The molecule has 0 aliphatic heterocycles. The Hall–Kier alpha value is -2.35. The van der Waals surface area contributed by atoms with Crippen molar-refractivity contribution in [2.75, 3.05) is 20.6 Å².